The van der Waals surface area contributed by atoms with Crippen molar-refractivity contribution in [2.24, 2.45) is 0 Å². The highest BCUT2D eigenvalue weighted by Gasteiger charge is 2.19. The number of nitrogens with zero attached hydrogens (tertiary/aromatic N) is 1. The van der Waals surface area contributed by atoms with Gasteiger partial charge in [0.05, 0.1) is 24.8 Å². The Morgan fingerprint density at radius 1 is 1.35 bits per heavy atom. The Morgan fingerprint density at radius 2 is 2.24 bits per heavy atom. The van der Waals surface area contributed by atoms with Crippen LogP contribution in [0.3, 0.4) is 0 Å². The second kappa shape index (κ2) is 4.61. The molecule has 0 aliphatic carbocycles. The maximum absolute atomic E-state index is 6.23. The standard InChI is InChI=1S/C13H13ClN2O/c14-13-10(12-8-17-6-5-15-12)7-9-3-1-2-4-11(9)16-13/h1-4,7,12,15H,5-6,8H2. The van der Waals surface area contributed by atoms with Crippen molar-refractivity contribution in [3.8, 4) is 0 Å². The number of ether oxygens (including phenoxy) is 1. The second-order valence-corrected chi connectivity index (χ2v) is 4.50. The smallest absolute Gasteiger partial charge is 0.134 e. The van der Waals surface area contributed by atoms with Crippen LogP contribution in [0.15, 0.2) is 30.3 Å². The first-order chi connectivity index (χ1) is 8.34. The zero-order valence-electron chi connectivity index (χ0n) is 9.32. The minimum atomic E-state index is 0.147. The van der Waals surface area contributed by atoms with E-state index < -0.39 is 0 Å². The van der Waals surface area contributed by atoms with Gasteiger partial charge in [-0.25, -0.2) is 4.98 Å². The van der Waals surface area contributed by atoms with Crippen molar-refractivity contribution in [3.63, 3.8) is 0 Å². The number of benzene rings is 1. The summed E-state index contributed by atoms with van der Waals surface area (Å²) in [4.78, 5) is 4.42. The number of hydrogen-bond donors (Lipinski definition) is 1. The number of fused-ring (bicyclic) bond motifs is 1. The number of rotatable bonds is 1. The quantitative estimate of drug-likeness (QED) is 0.788. The normalized spacial score (nSPS) is 20.6. The number of morpholine rings is 1. The molecule has 1 aliphatic heterocycles. The van der Waals surface area contributed by atoms with E-state index in [1.54, 1.807) is 0 Å². The van der Waals surface area contributed by atoms with Crippen molar-refractivity contribution in [3.05, 3.63) is 41.0 Å². The molecule has 17 heavy (non-hydrogen) atoms. The van der Waals surface area contributed by atoms with E-state index in [-0.39, 0.29) is 6.04 Å². The van der Waals surface area contributed by atoms with E-state index in [1.165, 1.54) is 0 Å². The van der Waals surface area contributed by atoms with Crippen LogP contribution in [0.1, 0.15) is 11.6 Å². The monoisotopic (exact) mass is 248 g/mol. The molecule has 88 valence electrons. The van der Waals surface area contributed by atoms with Crippen LogP contribution in [0.4, 0.5) is 0 Å². The largest absolute Gasteiger partial charge is 0.378 e. The summed E-state index contributed by atoms with van der Waals surface area (Å²) < 4.78 is 5.45. The first-order valence-corrected chi connectivity index (χ1v) is 6.09. The molecule has 2 aromatic rings. The summed E-state index contributed by atoms with van der Waals surface area (Å²) in [7, 11) is 0. The van der Waals surface area contributed by atoms with Crippen molar-refractivity contribution in [1.29, 1.82) is 0 Å². The lowest BCUT2D eigenvalue weighted by molar-refractivity contribution is 0.0768. The molecule has 3 rings (SSSR count). The van der Waals surface area contributed by atoms with Gasteiger partial charge in [-0.1, -0.05) is 29.8 Å². The van der Waals surface area contributed by atoms with E-state index in [2.05, 4.69) is 16.4 Å². The van der Waals surface area contributed by atoms with Crippen molar-refractivity contribution in [2.45, 2.75) is 6.04 Å². The zero-order valence-corrected chi connectivity index (χ0v) is 10.1. The average Bonchev–Trinajstić information content (AvgIpc) is 2.39. The van der Waals surface area contributed by atoms with Crippen LogP contribution < -0.4 is 5.32 Å². The topological polar surface area (TPSA) is 34.1 Å². The molecule has 0 radical (unpaired) electrons. The molecule has 1 aromatic carbocycles. The molecule has 0 amide bonds. The average molecular weight is 249 g/mol. The fourth-order valence-electron chi connectivity index (χ4n) is 2.12. The molecule has 0 saturated carbocycles. The summed E-state index contributed by atoms with van der Waals surface area (Å²) in [5, 5.41) is 5.06. The lowest BCUT2D eigenvalue weighted by Gasteiger charge is -2.24. The predicted molar refractivity (Wildman–Crippen MR) is 68.3 cm³/mol. The summed E-state index contributed by atoms with van der Waals surface area (Å²) in [6.07, 6.45) is 0. The van der Waals surface area contributed by atoms with Gasteiger partial charge in [0.2, 0.25) is 0 Å². The van der Waals surface area contributed by atoms with Gasteiger partial charge in [-0.05, 0) is 12.1 Å². The van der Waals surface area contributed by atoms with E-state index in [0.717, 1.165) is 29.6 Å². The van der Waals surface area contributed by atoms with Gasteiger partial charge in [-0.2, -0.15) is 0 Å². The molecule has 3 nitrogen and oxygen atoms in total. The van der Waals surface area contributed by atoms with Crippen molar-refractivity contribution in [2.75, 3.05) is 19.8 Å². The summed E-state index contributed by atoms with van der Waals surface area (Å²) in [5.41, 5.74) is 1.95. The Kier molecular flexibility index (Phi) is 2.97. The van der Waals surface area contributed by atoms with Crippen LogP contribution in [0.5, 0.6) is 0 Å². The molecule has 1 unspecified atom stereocenters. The number of para-hydroxylation sites is 1. The van der Waals surface area contributed by atoms with Gasteiger partial charge in [0, 0.05) is 17.5 Å². The fourth-order valence-corrected chi connectivity index (χ4v) is 2.40. The zero-order chi connectivity index (χ0) is 11.7. The van der Waals surface area contributed by atoms with Gasteiger partial charge in [0.25, 0.3) is 0 Å². The number of hydrogen-bond acceptors (Lipinski definition) is 3. The van der Waals surface area contributed by atoms with Gasteiger partial charge < -0.3 is 10.1 Å². The van der Waals surface area contributed by atoms with Gasteiger partial charge in [0.1, 0.15) is 5.15 Å². The Labute approximate surface area is 105 Å². The van der Waals surface area contributed by atoms with Crippen LogP contribution in [0.2, 0.25) is 5.15 Å². The first-order valence-electron chi connectivity index (χ1n) is 5.71. The van der Waals surface area contributed by atoms with Crippen molar-refractivity contribution in [1.82, 2.24) is 10.3 Å². The Bertz CT molecular complexity index is 538. The third-order valence-corrected chi connectivity index (χ3v) is 3.30. The summed E-state index contributed by atoms with van der Waals surface area (Å²) in [5.74, 6) is 0. The highest BCUT2D eigenvalue weighted by Crippen LogP contribution is 2.26. The molecular formula is C13H13ClN2O. The van der Waals surface area contributed by atoms with Gasteiger partial charge in [-0.15, -0.1) is 0 Å². The SMILES string of the molecule is Clc1nc2ccccc2cc1C1COCCN1. The Balaban J connectivity index is 2.06. The maximum Gasteiger partial charge on any atom is 0.134 e. The predicted octanol–water partition coefficient (Wildman–Crippen LogP) is 2.55. The third kappa shape index (κ3) is 2.14. The molecule has 1 aliphatic rings. The highest BCUT2D eigenvalue weighted by atomic mass is 35.5. The molecule has 4 heteroatoms. The minimum absolute atomic E-state index is 0.147. The fraction of sp³-hybridized carbons (Fsp3) is 0.308. The Morgan fingerprint density at radius 3 is 3.06 bits per heavy atom. The van der Waals surface area contributed by atoms with E-state index in [9.17, 15) is 0 Å². The number of pyridine rings is 1. The number of halogens is 1. The van der Waals surface area contributed by atoms with Crippen LogP contribution >= 0.6 is 11.6 Å². The van der Waals surface area contributed by atoms with Crippen molar-refractivity contribution < 1.29 is 4.74 Å². The van der Waals surface area contributed by atoms with Gasteiger partial charge >= 0.3 is 0 Å². The third-order valence-electron chi connectivity index (χ3n) is 3.00. The van der Waals surface area contributed by atoms with E-state index >= 15 is 0 Å². The second-order valence-electron chi connectivity index (χ2n) is 4.14. The van der Waals surface area contributed by atoms with E-state index in [0.29, 0.717) is 11.8 Å². The molecule has 1 aromatic heterocycles. The van der Waals surface area contributed by atoms with E-state index in [4.69, 9.17) is 16.3 Å². The molecule has 1 N–H and O–H groups in total. The maximum atomic E-state index is 6.23. The number of nitrogens with one attached hydrogen (secondary N) is 1. The minimum Gasteiger partial charge on any atom is -0.378 e. The molecule has 2 heterocycles. The molecule has 0 bridgehead atoms. The van der Waals surface area contributed by atoms with Crippen LogP contribution in [0, 0.1) is 0 Å². The Hall–Kier alpha value is -1.16. The lowest BCUT2D eigenvalue weighted by Crippen LogP contribution is -2.34. The molecule has 1 fully saturated rings. The number of aromatic nitrogens is 1. The van der Waals surface area contributed by atoms with Gasteiger partial charge in [-0.3, -0.25) is 0 Å². The van der Waals surface area contributed by atoms with E-state index in [1.807, 2.05) is 24.3 Å². The van der Waals surface area contributed by atoms with Crippen LogP contribution in [-0.2, 0) is 4.74 Å². The molecule has 1 atom stereocenters. The molecule has 1 saturated heterocycles. The van der Waals surface area contributed by atoms with Crippen molar-refractivity contribution >= 4 is 22.5 Å². The summed E-state index contributed by atoms with van der Waals surface area (Å²) in [6.45, 7) is 2.27. The lowest BCUT2D eigenvalue weighted by atomic mass is 10.1. The molecule has 0 spiro atoms. The first kappa shape index (κ1) is 11.0. The molecular weight excluding hydrogens is 236 g/mol. The van der Waals surface area contributed by atoms with Gasteiger partial charge in [0.15, 0.2) is 0 Å². The highest BCUT2D eigenvalue weighted by molar-refractivity contribution is 6.30. The summed E-state index contributed by atoms with van der Waals surface area (Å²) in [6, 6.07) is 10.2. The summed E-state index contributed by atoms with van der Waals surface area (Å²) >= 11 is 6.23. The van der Waals surface area contributed by atoms with Crippen LogP contribution in [0.25, 0.3) is 10.9 Å². The van der Waals surface area contributed by atoms with Crippen LogP contribution in [-0.4, -0.2) is 24.7 Å².